The number of methoxy groups -OCH3 is 2. The molecule has 0 unspecified atom stereocenters. The quantitative estimate of drug-likeness (QED) is 0.0799. The number of benzene rings is 3. The van der Waals surface area contributed by atoms with Crippen LogP contribution >= 0.6 is 22.6 Å². The van der Waals surface area contributed by atoms with Crippen LogP contribution < -0.4 is 15.0 Å². The molecule has 5 rings (SSSR count). The lowest BCUT2D eigenvalue weighted by atomic mass is 9.68. The van der Waals surface area contributed by atoms with Gasteiger partial charge in [0.2, 0.25) is 11.8 Å². The largest absolute Gasteiger partial charge is 0.504 e. The van der Waals surface area contributed by atoms with Gasteiger partial charge in [-0.15, -0.1) is 0 Å². The minimum atomic E-state index is -0.941. The molecular weight excluding hydrogens is 723 g/mol. The zero-order valence-electron chi connectivity index (χ0n) is 27.5. The second-order valence-electron chi connectivity index (χ2n) is 12.3. The molecule has 3 aromatic carbocycles. The van der Waals surface area contributed by atoms with Crippen LogP contribution in [0.25, 0.3) is 6.08 Å². The molecule has 1 aliphatic heterocycles. The average molecular weight is 767 g/mol. The summed E-state index contributed by atoms with van der Waals surface area (Å²) < 4.78 is 11.5. The fraction of sp³-hybridized carbons (Fsp3) is 0.368. The summed E-state index contributed by atoms with van der Waals surface area (Å²) in [6.07, 6.45) is 4.06. The van der Waals surface area contributed by atoms with E-state index in [9.17, 15) is 24.9 Å². The van der Waals surface area contributed by atoms with Crippen molar-refractivity contribution < 1.29 is 34.4 Å². The van der Waals surface area contributed by atoms with E-state index in [1.165, 1.54) is 12.0 Å². The number of allylic oxidation sites excluding steroid dienone is 1. The zero-order valence-corrected chi connectivity index (χ0v) is 29.6. The molecule has 254 valence electrons. The Labute approximate surface area is 295 Å². The fourth-order valence-electron chi connectivity index (χ4n) is 7.04. The number of halogens is 1. The van der Waals surface area contributed by atoms with Gasteiger partial charge < -0.3 is 30.1 Å². The van der Waals surface area contributed by atoms with Crippen LogP contribution in [-0.2, 0) is 14.3 Å². The first-order valence-corrected chi connectivity index (χ1v) is 17.3. The van der Waals surface area contributed by atoms with Crippen molar-refractivity contribution in [2.24, 2.45) is 17.8 Å². The molecule has 9 nitrogen and oxygen atoms in total. The topological polar surface area (TPSA) is 129 Å². The number of anilines is 3. The number of phenolic OH excluding ortho intramolecular Hbond substituents is 1. The number of ether oxygens (including phenoxy) is 2. The van der Waals surface area contributed by atoms with Gasteiger partial charge in [0.15, 0.2) is 11.5 Å². The molecule has 4 N–H and O–H groups in total. The Morgan fingerprint density at radius 3 is 2.40 bits per heavy atom. The zero-order chi connectivity index (χ0) is 34.4. The standard InChI is InChI=1S/C38H43IN2O7/c1-4-8-23(17-24-18-31(39)36(44)33(19-24)48-3)11-16-32(43)34-25(22-47-2)20-29-35(30(34)21-42)38(46)41(37(29)45)28-14-12-27(13-15-28)40-26-9-6-5-7-10-26/h5-7,9-10,12-15,17-19,29-30,32,35,40,42-44H,4,8,11,16,20-22H2,1-3H3/b23-17+/t29-,30+,32-,35-/m1/s1. The van der Waals surface area contributed by atoms with Gasteiger partial charge in [0.05, 0.1) is 47.5 Å². The number of aliphatic hydroxyl groups is 2. The van der Waals surface area contributed by atoms with Gasteiger partial charge in [-0.05, 0) is 114 Å². The first-order chi connectivity index (χ1) is 23.2. The molecule has 0 saturated carbocycles. The molecule has 0 radical (unpaired) electrons. The molecule has 1 saturated heterocycles. The molecule has 0 bridgehead atoms. The number of carbonyl (C=O) groups excluding carboxylic acids is 2. The summed E-state index contributed by atoms with van der Waals surface area (Å²) >= 11 is 2.07. The van der Waals surface area contributed by atoms with Crippen LogP contribution in [0.3, 0.4) is 0 Å². The van der Waals surface area contributed by atoms with E-state index in [2.05, 4.69) is 40.9 Å². The number of hydrogen-bond acceptors (Lipinski definition) is 8. The number of hydrogen-bond donors (Lipinski definition) is 4. The summed E-state index contributed by atoms with van der Waals surface area (Å²) in [4.78, 5) is 29.0. The maximum atomic E-state index is 14.0. The Morgan fingerprint density at radius 2 is 1.75 bits per heavy atom. The number of nitrogens with zero attached hydrogens (tertiary/aromatic N) is 1. The Bertz CT molecular complexity index is 1670. The molecule has 2 amide bonds. The second kappa shape index (κ2) is 16.1. The number of fused-ring (bicyclic) bond motifs is 1. The molecule has 10 heteroatoms. The van der Waals surface area contributed by atoms with Crippen LogP contribution in [0.4, 0.5) is 17.1 Å². The number of rotatable bonds is 14. The minimum absolute atomic E-state index is 0.0987. The van der Waals surface area contributed by atoms with E-state index in [1.807, 2.05) is 48.5 Å². The summed E-state index contributed by atoms with van der Waals surface area (Å²) in [5.41, 5.74) is 5.58. The van der Waals surface area contributed by atoms with Crippen LogP contribution in [0.15, 0.2) is 83.4 Å². The van der Waals surface area contributed by atoms with Crippen LogP contribution in [0, 0.1) is 21.3 Å². The monoisotopic (exact) mass is 766 g/mol. The number of imide groups is 1. The molecule has 1 heterocycles. The number of nitrogens with one attached hydrogen (secondary N) is 1. The molecule has 48 heavy (non-hydrogen) atoms. The van der Waals surface area contributed by atoms with E-state index in [1.54, 1.807) is 25.3 Å². The highest BCUT2D eigenvalue weighted by atomic mass is 127. The van der Waals surface area contributed by atoms with Gasteiger partial charge in [-0.1, -0.05) is 43.2 Å². The van der Waals surface area contributed by atoms with E-state index < -0.39 is 23.9 Å². The van der Waals surface area contributed by atoms with Crippen molar-refractivity contribution in [2.75, 3.05) is 37.7 Å². The molecule has 3 aromatic rings. The van der Waals surface area contributed by atoms with Gasteiger partial charge in [0.1, 0.15) is 0 Å². The summed E-state index contributed by atoms with van der Waals surface area (Å²) in [6, 6.07) is 20.5. The third-order valence-corrected chi connectivity index (χ3v) is 10.0. The van der Waals surface area contributed by atoms with E-state index in [0.717, 1.165) is 40.9 Å². The van der Waals surface area contributed by atoms with Crippen molar-refractivity contribution >= 4 is 57.5 Å². The second-order valence-corrected chi connectivity index (χ2v) is 13.5. The van der Waals surface area contributed by atoms with Gasteiger partial charge >= 0.3 is 0 Å². The highest BCUT2D eigenvalue weighted by molar-refractivity contribution is 14.1. The number of aromatic hydroxyl groups is 1. The van der Waals surface area contributed by atoms with Crippen molar-refractivity contribution in [3.05, 3.63) is 92.6 Å². The first-order valence-electron chi connectivity index (χ1n) is 16.3. The minimum Gasteiger partial charge on any atom is -0.504 e. The lowest BCUT2D eigenvalue weighted by Crippen LogP contribution is -2.39. The van der Waals surface area contributed by atoms with Crippen LogP contribution in [-0.4, -0.2) is 60.7 Å². The number of para-hydroxylation sites is 1. The Hall–Kier alpha value is -3.71. The van der Waals surface area contributed by atoms with Gasteiger partial charge in [-0.25, -0.2) is 0 Å². The van der Waals surface area contributed by atoms with Crippen molar-refractivity contribution in [3.8, 4) is 11.5 Å². The molecule has 0 spiro atoms. The molecule has 1 aliphatic carbocycles. The van der Waals surface area contributed by atoms with Gasteiger partial charge in [-0.2, -0.15) is 0 Å². The van der Waals surface area contributed by atoms with Crippen LogP contribution in [0.5, 0.6) is 11.5 Å². The maximum Gasteiger partial charge on any atom is 0.238 e. The predicted molar refractivity (Wildman–Crippen MR) is 195 cm³/mol. The number of aliphatic hydroxyl groups excluding tert-OH is 2. The highest BCUT2D eigenvalue weighted by Gasteiger charge is 2.55. The molecule has 4 atom stereocenters. The van der Waals surface area contributed by atoms with E-state index in [-0.39, 0.29) is 37.2 Å². The molecule has 0 aromatic heterocycles. The first kappa shape index (κ1) is 35.6. The Kier molecular flexibility index (Phi) is 12.0. The van der Waals surface area contributed by atoms with Crippen molar-refractivity contribution in [3.63, 3.8) is 0 Å². The van der Waals surface area contributed by atoms with Gasteiger partial charge in [0.25, 0.3) is 0 Å². The highest BCUT2D eigenvalue weighted by Crippen LogP contribution is 2.47. The normalized spacial score (nSPS) is 20.2. The van der Waals surface area contributed by atoms with Gasteiger partial charge in [0, 0.05) is 24.4 Å². The maximum absolute atomic E-state index is 14.0. The summed E-state index contributed by atoms with van der Waals surface area (Å²) in [7, 11) is 3.08. The third kappa shape index (κ3) is 7.62. The van der Waals surface area contributed by atoms with E-state index >= 15 is 0 Å². The molecule has 1 fully saturated rings. The number of amides is 2. The Morgan fingerprint density at radius 1 is 1.04 bits per heavy atom. The third-order valence-electron chi connectivity index (χ3n) is 9.20. The predicted octanol–water partition coefficient (Wildman–Crippen LogP) is 6.83. The molecular formula is C38H43IN2O7. The van der Waals surface area contributed by atoms with Crippen molar-refractivity contribution in [1.29, 1.82) is 0 Å². The summed E-state index contributed by atoms with van der Waals surface area (Å²) in [5, 5.41) is 36.0. The smallest absolute Gasteiger partial charge is 0.238 e. The lowest BCUT2D eigenvalue weighted by molar-refractivity contribution is -0.123. The Balaban J connectivity index is 1.37. The van der Waals surface area contributed by atoms with Gasteiger partial charge in [-0.3, -0.25) is 14.5 Å². The van der Waals surface area contributed by atoms with E-state index in [0.29, 0.717) is 33.4 Å². The van der Waals surface area contributed by atoms with Crippen LogP contribution in [0.1, 0.15) is 44.6 Å². The number of phenols is 1. The summed E-state index contributed by atoms with van der Waals surface area (Å²) in [6.45, 7) is 1.91. The lowest BCUT2D eigenvalue weighted by Gasteiger charge is -2.36. The SMILES string of the molecule is CCC/C(=C\c1cc(I)c(O)c(OC)c1)CC[C@@H](O)C1=C(COC)C[C@H]2C(=O)N(c3ccc(Nc4ccccc4)cc3)C(=O)[C@H]2[C@H]1CO. The van der Waals surface area contributed by atoms with Crippen molar-refractivity contribution in [1.82, 2.24) is 0 Å². The number of carbonyl (C=O) groups is 2. The average Bonchev–Trinajstić information content (AvgIpc) is 3.34. The molecule has 2 aliphatic rings. The van der Waals surface area contributed by atoms with Crippen LogP contribution in [0.2, 0.25) is 0 Å². The van der Waals surface area contributed by atoms with E-state index in [4.69, 9.17) is 9.47 Å². The van der Waals surface area contributed by atoms with Crippen molar-refractivity contribution in [2.45, 2.75) is 45.1 Å². The summed E-state index contributed by atoms with van der Waals surface area (Å²) in [5.74, 6) is -2.33. The fourth-order valence-corrected chi connectivity index (χ4v) is 7.66.